The maximum absolute atomic E-state index is 12.7. The minimum absolute atomic E-state index is 0.000685. The number of hydrogen-bond donors (Lipinski definition) is 2. The second-order valence-corrected chi connectivity index (χ2v) is 12.4. The van der Waals surface area contributed by atoms with Gasteiger partial charge in [-0.2, -0.15) is 0 Å². The van der Waals surface area contributed by atoms with Gasteiger partial charge in [0.1, 0.15) is 13.6 Å². The van der Waals surface area contributed by atoms with Crippen molar-refractivity contribution in [2.24, 2.45) is 5.73 Å². The monoisotopic (exact) mass is 394 g/mol. The minimum atomic E-state index is -1.35. The quantitative estimate of drug-likeness (QED) is 0.483. The molecule has 2 rings (SSSR count). The first kappa shape index (κ1) is 21.1. The van der Waals surface area contributed by atoms with Gasteiger partial charge in [0.15, 0.2) is 0 Å². The number of carbonyl (C=O) groups is 3. The second kappa shape index (κ2) is 7.84. The van der Waals surface area contributed by atoms with E-state index in [-0.39, 0.29) is 31.0 Å². The van der Waals surface area contributed by atoms with Gasteiger partial charge < -0.3 is 20.5 Å². The largest absolute Gasteiger partial charge is 0.508 e. The third-order valence-corrected chi connectivity index (χ3v) is 6.24. The lowest BCUT2D eigenvalue weighted by Crippen LogP contribution is -2.58. The lowest BCUT2D eigenvalue weighted by molar-refractivity contribution is -0.143. The van der Waals surface area contributed by atoms with Crippen LogP contribution < -0.4 is 5.73 Å². The predicted molar refractivity (Wildman–Crippen MR) is 109 cm³/mol. The molecule has 1 aromatic carbocycles. The van der Waals surface area contributed by atoms with Gasteiger partial charge in [0.25, 0.3) is 5.91 Å². The Morgan fingerprint density at radius 1 is 1.37 bits per heavy atom. The highest BCUT2D eigenvalue weighted by molar-refractivity contribution is 8.32. The number of esters is 1. The number of carbonyl (C=O) groups excluding carboxylic acids is 3. The average molecular weight is 394 g/mol. The molecule has 2 amide bonds. The standard InChI is InChI=1S/C18H27BN2O5S/c1-27(2,3)10-9-26-15(23)7-8-18(19,17(20)25)21-11-13-12(16(21)24)5-4-6-14(13)22/h4-6,22H,7-11,19H2,1-3H3,(H2,20,25). The molecule has 0 radical (unpaired) electrons. The van der Waals surface area contributed by atoms with Crippen molar-refractivity contribution in [2.45, 2.75) is 24.8 Å². The fourth-order valence-corrected chi connectivity index (χ4v) is 3.51. The number of primary amides is 1. The van der Waals surface area contributed by atoms with Crippen LogP contribution in [0.2, 0.25) is 0 Å². The fraction of sp³-hybridized carbons (Fsp3) is 0.500. The number of phenols is 1. The summed E-state index contributed by atoms with van der Waals surface area (Å²) < 4.78 is 5.25. The van der Waals surface area contributed by atoms with E-state index in [9.17, 15) is 19.5 Å². The normalized spacial score (nSPS) is 16.6. The number of amides is 2. The Labute approximate surface area is 162 Å². The predicted octanol–water partition coefficient (Wildman–Crippen LogP) is 0.180. The van der Waals surface area contributed by atoms with Crippen LogP contribution >= 0.6 is 10.0 Å². The van der Waals surface area contributed by atoms with Crippen LogP contribution in [0.3, 0.4) is 0 Å². The summed E-state index contributed by atoms with van der Waals surface area (Å²) in [5.41, 5.74) is 5.04. The van der Waals surface area contributed by atoms with Crippen LogP contribution in [-0.2, 0) is 20.9 Å². The van der Waals surface area contributed by atoms with Gasteiger partial charge in [-0.1, -0.05) is 6.07 Å². The molecule has 0 fully saturated rings. The third kappa shape index (κ3) is 4.77. The van der Waals surface area contributed by atoms with E-state index in [1.54, 1.807) is 20.0 Å². The number of hydrogen-bond acceptors (Lipinski definition) is 5. The summed E-state index contributed by atoms with van der Waals surface area (Å²) in [6.07, 6.45) is 6.44. The number of rotatable bonds is 8. The topological polar surface area (TPSA) is 110 Å². The van der Waals surface area contributed by atoms with Crippen LogP contribution in [-0.4, -0.2) is 72.2 Å². The molecule has 1 aromatic rings. The summed E-state index contributed by atoms with van der Waals surface area (Å²) in [4.78, 5) is 38.3. The number of phenolic OH excluding ortho intramolecular Hbond substituents is 1. The molecular formula is C18H27BN2O5S. The van der Waals surface area contributed by atoms with Crippen molar-refractivity contribution in [1.29, 1.82) is 0 Å². The fourth-order valence-electron chi connectivity index (χ4n) is 2.93. The molecule has 9 heteroatoms. The zero-order valence-corrected chi connectivity index (χ0v) is 17.1. The highest BCUT2D eigenvalue weighted by Gasteiger charge is 2.45. The van der Waals surface area contributed by atoms with Gasteiger partial charge in [0, 0.05) is 23.3 Å². The van der Waals surface area contributed by atoms with E-state index in [4.69, 9.17) is 10.5 Å². The molecule has 3 N–H and O–H groups in total. The average Bonchev–Trinajstić information content (AvgIpc) is 2.90. The Hall–Kier alpha value is -2.16. The van der Waals surface area contributed by atoms with E-state index in [0.29, 0.717) is 17.7 Å². The summed E-state index contributed by atoms with van der Waals surface area (Å²) in [5, 5.41) is 9.98. The first-order chi connectivity index (χ1) is 12.5. The number of nitrogens with two attached hydrogens (primary N) is 1. The molecular weight excluding hydrogens is 367 g/mol. The number of fused-ring (bicyclic) bond motifs is 1. The molecule has 27 heavy (non-hydrogen) atoms. The van der Waals surface area contributed by atoms with Crippen molar-refractivity contribution in [3.63, 3.8) is 0 Å². The van der Waals surface area contributed by atoms with Crippen molar-refractivity contribution in [3.05, 3.63) is 29.3 Å². The molecule has 7 nitrogen and oxygen atoms in total. The summed E-state index contributed by atoms with van der Waals surface area (Å²) in [6.45, 7) is 0.412. The first-order valence-corrected chi connectivity index (χ1v) is 11.7. The number of nitrogens with zero attached hydrogens (tertiary/aromatic N) is 1. The van der Waals surface area contributed by atoms with Crippen molar-refractivity contribution in [1.82, 2.24) is 4.90 Å². The smallest absolute Gasteiger partial charge is 0.305 e. The van der Waals surface area contributed by atoms with Crippen LogP contribution in [0.15, 0.2) is 18.2 Å². The maximum Gasteiger partial charge on any atom is 0.305 e. The molecule has 148 valence electrons. The van der Waals surface area contributed by atoms with Crippen LogP contribution in [0, 0.1) is 0 Å². The Morgan fingerprint density at radius 3 is 2.59 bits per heavy atom. The lowest BCUT2D eigenvalue weighted by atomic mass is 9.72. The van der Waals surface area contributed by atoms with Gasteiger partial charge in [-0.3, -0.25) is 14.4 Å². The van der Waals surface area contributed by atoms with Gasteiger partial charge in [-0.15, -0.1) is 0 Å². The molecule has 1 aliphatic heterocycles. The Bertz CT molecular complexity index is 765. The number of benzene rings is 1. The van der Waals surface area contributed by atoms with Gasteiger partial charge in [-0.05, 0) is 37.3 Å². The van der Waals surface area contributed by atoms with Crippen LogP contribution in [0.5, 0.6) is 5.75 Å². The van der Waals surface area contributed by atoms with E-state index < -0.39 is 27.3 Å². The van der Waals surface area contributed by atoms with Crippen LogP contribution in [0.25, 0.3) is 0 Å². The Kier molecular flexibility index (Phi) is 6.14. The summed E-state index contributed by atoms with van der Waals surface area (Å²) in [5.74, 6) is -0.690. The van der Waals surface area contributed by atoms with E-state index in [1.807, 2.05) is 0 Å². The van der Waals surface area contributed by atoms with Crippen molar-refractivity contribution < 1.29 is 24.2 Å². The molecule has 1 heterocycles. The minimum Gasteiger partial charge on any atom is -0.508 e. The maximum atomic E-state index is 12.7. The van der Waals surface area contributed by atoms with Crippen molar-refractivity contribution in [3.8, 4) is 5.75 Å². The van der Waals surface area contributed by atoms with Gasteiger partial charge >= 0.3 is 5.97 Å². The zero-order valence-electron chi connectivity index (χ0n) is 16.3. The van der Waals surface area contributed by atoms with Crippen LogP contribution in [0.1, 0.15) is 28.8 Å². The molecule has 0 spiro atoms. The van der Waals surface area contributed by atoms with Gasteiger partial charge in [0.2, 0.25) is 5.91 Å². The van der Waals surface area contributed by atoms with E-state index in [2.05, 4.69) is 18.8 Å². The summed E-state index contributed by atoms with van der Waals surface area (Å²) in [6, 6.07) is 4.67. The summed E-state index contributed by atoms with van der Waals surface area (Å²) in [7, 11) is 0.785. The van der Waals surface area contributed by atoms with Crippen LogP contribution in [0.4, 0.5) is 0 Å². The summed E-state index contributed by atoms with van der Waals surface area (Å²) >= 11 is 0. The number of aromatic hydroxyl groups is 1. The molecule has 1 aliphatic rings. The molecule has 0 saturated heterocycles. The molecule has 1 unspecified atom stereocenters. The Morgan fingerprint density at radius 2 is 2.04 bits per heavy atom. The van der Waals surface area contributed by atoms with E-state index >= 15 is 0 Å². The van der Waals surface area contributed by atoms with Gasteiger partial charge in [-0.25, -0.2) is 10.0 Å². The molecule has 0 saturated carbocycles. The molecule has 0 aromatic heterocycles. The highest BCUT2D eigenvalue weighted by Crippen LogP contribution is 2.35. The second-order valence-electron chi connectivity index (χ2n) is 7.85. The number of ether oxygens (including phenoxy) is 1. The highest BCUT2D eigenvalue weighted by atomic mass is 32.3. The Balaban J connectivity index is 2.06. The first-order valence-electron chi connectivity index (χ1n) is 8.70. The third-order valence-electron chi connectivity index (χ3n) is 4.84. The molecule has 0 aliphatic carbocycles. The lowest BCUT2D eigenvalue weighted by Gasteiger charge is -2.36. The molecule has 0 bridgehead atoms. The van der Waals surface area contributed by atoms with E-state index in [1.165, 1.54) is 11.0 Å². The van der Waals surface area contributed by atoms with Crippen molar-refractivity contribution >= 4 is 35.7 Å². The van der Waals surface area contributed by atoms with Crippen molar-refractivity contribution in [2.75, 3.05) is 31.1 Å². The zero-order chi connectivity index (χ0) is 20.4. The SMILES string of the molecule is BC(CCC(=O)OCCS(C)(C)C)(C(N)=O)N1Cc2c(O)cccc2C1=O. The van der Waals surface area contributed by atoms with Gasteiger partial charge in [0.05, 0.1) is 18.6 Å². The van der Waals surface area contributed by atoms with E-state index in [0.717, 1.165) is 5.75 Å². The molecule has 1 atom stereocenters.